The Bertz CT molecular complexity index is 885. The van der Waals surface area contributed by atoms with Gasteiger partial charge >= 0.3 is 0 Å². The molecule has 1 heterocycles. The van der Waals surface area contributed by atoms with Crippen molar-refractivity contribution in [2.45, 2.75) is 13.1 Å². The first-order valence-electron chi connectivity index (χ1n) is 7.55. The van der Waals surface area contributed by atoms with Gasteiger partial charge in [0.25, 0.3) is 0 Å². The Hall–Kier alpha value is -2.58. The van der Waals surface area contributed by atoms with Crippen molar-refractivity contribution < 1.29 is 4.42 Å². The second-order valence-electron chi connectivity index (χ2n) is 5.49. The lowest BCUT2D eigenvalue weighted by Crippen LogP contribution is -2.12. The molecule has 0 bridgehead atoms. The molecule has 3 aromatic carbocycles. The summed E-state index contributed by atoms with van der Waals surface area (Å²) in [5.74, 6) is 0.974. The fraction of sp³-hybridized carbons (Fsp3) is 0.100. The highest BCUT2D eigenvalue weighted by molar-refractivity contribution is 5.85. The van der Waals surface area contributed by atoms with E-state index in [2.05, 4.69) is 59.9 Å². The van der Waals surface area contributed by atoms with E-state index in [4.69, 9.17) is 4.42 Å². The number of fused-ring (bicyclic) bond motifs is 2. The highest BCUT2D eigenvalue weighted by Gasteiger charge is 2.04. The zero-order chi connectivity index (χ0) is 14.8. The average molecular weight is 287 g/mol. The van der Waals surface area contributed by atoms with E-state index in [9.17, 15) is 0 Å². The van der Waals surface area contributed by atoms with E-state index >= 15 is 0 Å². The molecule has 0 saturated heterocycles. The van der Waals surface area contributed by atoms with Gasteiger partial charge in [-0.25, -0.2) is 0 Å². The van der Waals surface area contributed by atoms with Crippen LogP contribution < -0.4 is 5.32 Å². The SMILES string of the molecule is c1ccc2oc(CNCc3cccc4ccccc34)cc2c1. The molecule has 0 amide bonds. The van der Waals surface area contributed by atoms with Gasteiger partial charge in [0.1, 0.15) is 11.3 Å². The Labute approximate surface area is 129 Å². The number of hydrogen-bond donors (Lipinski definition) is 1. The van der Waals surface area contributed by atoms with Crippen LogP contribution in [0.4, 0.5) is 0 Å². The Morgan fingerprint density at radius 1 is 0.727 bits per heavy atom. The molecule has 0 aliphatic carbocycles. The molecule has 0 aliphatic heterocycles. The first-order valence-corrected chi connectivity index (χ1v) is 7.55. The smallest absolute Gasteiger partial charge is 0.134 e. The van der Waals surface area contributed by atoms with Gasteiger partial charge in [0.15, 0.2) is 0 Å². The maximum absolute atomic E-state index is 5.83. The van der Waals surface area contributed by atoms with Crippen LogP contribution in [0.2, 0.25) is 0 Å². The van der Waals surface area contributed by atoms with Crippen molar-refractivity contribution in [1.29, 1.82) is 0 Å². The quantitative estimate of drug-likeness (QED) is 0.579. The number of furan rings is 1. The second kappa shape index (κ2) is 5.66. The summed E-state index contributed by atoms with van der Waals surface area (Å²) in [5.41, 5.74) is 2.26. The molecular formula is C20H17NO. The van der Waals surface area contributed by atoms with E-state index in [1.165, 1.54) is 16.3 Å². The standard InChI is InChI=1S/C20H17NO/c1-3-10-19-15(6-1)8-5-9-17(19)13-21-14-18-12-16-7-2-4-11-20(16)22-18/h1-12,21H,13-14H2. The van der Waals surface area contributed by atoms with Gasteiger partial charge in [-0.3, -0.25) is 0 Å². The molecule has 4 aromatic rings. The zero-order valence-electron chi connectivity index (χ0n) is 12.3. The minimum atomic E-state index is 0.734. The highest BCUT2D eigenvalue weighted by Crippen LogP contribution is 2.20. The third-order valence-electron chi connectivity index (χ3n) is 3.97. The van der Waals surface area contributed by atoms with Crippen LogP contribution in [0.3, 0.4) is 0 Å². The molecule has 0 unspecified atom stereocenters. The maximum Gasteiger partial charge on any atom is 0.134 e. The van der Waals surface area contributed by atoms with Gasteiger partial charge in [-0.2, -0.15) is 0 Å². The van der Waals surface area contributed by atoms with Crippen LogP contribution in [0.25, 0.3) is 21.7 Å². The number of nitrogens with one attached hydrogen (secondary N) is 1. The second-order valence-corrected chi connectivity index (χ2v) is 5.49. The average Bonchev–Trinajstić information content (AvgIpc) is 2.98. The third-order valence-corrected chi connectivity index (χ3v) is 3.97. The molecule has 0 atom stereocenters. The van der Waals surface area contributed by atoms with Crippen molar-refractivity contribution in [3.63, 3.8) is 0 Å². The largest absolute Gasteiger partial charge is 0.460 e. The summed E-state index contributed by atoms with van der Waals surface area (Å²) in [6.07, 6.45) is 0. The Morgan fingerprint density at radius 2 is 1.50 bits per heavy atom. The van der Waals surface area contributed by atoms with E-state index < -0.39 is 0 Å². The number of para-hydroxylation sites is 1. The Balaban J connectivity index is 1.50. The molecule has 0 aliphatic rings. The monoisotopic (exact) mass is 287 g/mol. The normalized spacial score (nSPS) is 11.3. The Kier molecular flexibility index (Phi) is 3.37. The molecule has 0 saturated carbocycles. The zero-order valence-corrected chi connectivity index (χ0v) is 12.3. The van der Waals surface area contributed by atoms with Gasteiger partial charge < -0.3 is 9.73 Å². The van der Waals surface area contributed by atoms with Crippen LogP contribution in [0.5, 0.6) is 0 Å². The van der Waals surface area contributed by atoms with Crippen molar-refractivity contribution in [3.8, 4) is 0 Å². The summed E-state index contributed by atoms with van der Waals surface area (Å²) < 4.78 is 5.83. The van der Waals surface area contributed by atoms with Crippen molar-refractivity contribution in [3.05, 3.63) is 84.1 Å². The highest BCUT2D eigenvalue weighted by atomic mass is 16.3. The van der Waals surface area contributed by atoms with Crippen LogP contribution in [0, 0.1) is 0 Å². The summed E-state index contributed by atoms with van der Waals surface area (Å²) in [4.78, 5) is 0. The van der Waals surface area contributed by atoms with Gasteiger partial charge in [-0.05, 0) is 28.5 Å². The van der Waals surface area contributed by atoms with Crippen LogP contribution >= 0.6 is 0 Å². The molecule has 2 nitrogen and oxygen atoms in total. The van der Waals surface area contributed by atoms with Gasteiger partial charge in [0.05, 0.1) is 6.54 Å². The van der Waals surface area contributed by atoms with E-state index in [-0.39, 0.29) is 0 Å². The van der Waals surface area contributed by atoms with E-state index in [0.29, 0.717) is 0 Å². The molecular weight excluding hydrogens is 270 g/mol. The maximum atomic E-state index is 5.83. The topological polar surface area (TPSA) is 25.2 Å². The molecule has 0 radical (unpaired) electrons. The predicted octanol–water partition coefficient (Wildman–Crippen LogP) is 4.88. The van der Waals surface area contributed by atoms with Gasteiger partial charge in [-0.1, -0.05) is 60.7 Å². The summed E-state index contributed by atoms with van der Waals surface area (Å²) in [6.45, 7) is 1.57. The first kappa shape index (κ1) is 13.1. The van der Waals surface area contributed by atoms with Crippen molar-refractivity contribution in [2.24, 2.45) is 0 Å². The number of benzene rings is 3. The van der Waals surface area contributed by atoms with Crippen molar-refractivity contribution in [1.82, 2.24) is 5.32 Å². The molecule has 2 heteroatoms. The van der Waals surface area contributed by atoms with Gasteiger partial charge in [0.2, 0.25) is 0 Å². The molecule has 108 valence electrons. The first-order chi connectivity index (χ1) is 10.9. The lowest BCUT2D eigenvalue weighted by Gasteiger charge is -2.07. The Morgan fingerprint density at radius 3 is 2.41 bits per heavy atom. The summed E-state index contributed by atoms with van der Waals surface area (Å²) in [5, 5.41) is 7.22. The lowest BCUT2D eigenvalue weighted by atomic mass is 10.0. The number of rotatable bonds is 4. The minimum Gasteiger partial charge on any atom is -0.460 e. The van der Waals surface area contributed by atoms with E-state index in [1.807, 2.05) is 18.2 Å². The van der Waals surface area contributed by atoms with Crippen LogP contribution in [0.1, 0.15) is 11.3 Å². The summed E-state index contributed by atoms with van der Waals surface area (Å²) >= 11 is 0. The predicted molar refractivity (Wildman–Crippen MR) is 90.7 cm³/mol. The summed E-state index contributed by atoms with van der Waals surface area (Å²) in [6, 6.07) is 25.1. The molecule has 1 aromatic heterocycles. The van der Waals surface area contributed by atoms with Gasteiger partial charge in [-0.15, -0.1) is 0 Å². The minimum absolute atomic E-state index is 0.734. The molecule has 0 fully saturated rings. The van der Waals surface area contributed by atoms with Crippen LogP contribution in [-0.4, -0.2) is 0 Å². The fourth-order valence-corrected chi connectivity index (χ4v) is 2.89. The van der Waals surface area contributed by atoms with E-state index in [0.717, 1.165) is 29.8 Å². The van der Waals surface area contributed by atoms with Crippen LogP contribution in [0.15, 0.2) is 77.2 Å². The van der Waals surface area contributed by atoms with Gasteiger partial charge in [0, 0.05) is 11.9 Å². The van der Waals surface area contributed by atoms with Crippen molar-refractivity contribution in [2.75, 3.05) is 0 Å². The summed E-state index contributed by atoms with van der Waals surface area (Å²) in [7, 11) is 0. The lowest BCUT2D eigenvalue weighted by molar-refractivity contribution is 0.514. The van der Waals surface area contributed by atoms with Crippen molar-refractivity contribution >= 4 is 21.7 Å². The number of hydrogen-bond acceptors (Lipinski definition) is 2. The fourth-order valence-electron chi connectivity index (χ4n) is 2.89. The van der Waals surface area contributed by atoms with Crippen LogP contribution in [-0.2, 0) is 13.1 Å². The molecule has 0 spiro atoms. The third kappa shape index (κ3) is 2.49. The molecule has 4 rings (SSSR count). The molecule has 1 N–H and O–H groups in total. The van der Waals surface area contributed by atoms with E-state index in [1.54, 1.807) is 0 Å². The molecule has 22 heavy (non-hydrogen) atoms.